The zero-order chi connectivity index (χ0) is 18.4. The van der Waals surface area contributed by atoms with E-state index in [1.807, 2.05) is 56.5 Å². The van der Waals surface area contributed by atoms with Crippen molar-refractivity contribution >= 4 is 5.97 Å². The number of methoxy groups -OCH3 is 1. The number of nitrogens with zero attached hydrogens (tertiary/aromatic N) is 3. The van der Waals surface area contributed by atoms with Gasteiger partial charge in [-0.1, -0.05) is 12.1 Å². The highest BCUT2D eigenvalue weighted by Crippen LogP contribution is 2.26. The SMILES string of the molecule is COC(=O)c1cn(C(C)(C)C)cc2c(=O)n(-c3cccc(C)c3)nc1-2. The van der Waals surface area contributed by atoms with Gasteiger partial charge in [-0.15, -0.1) is 0 Å². The van der Waals surface area contributed by atoms with Gasteiger partial charge < -0.3 is 9.30 Å². The summed E-state index contributed by atoms with van der Waals surface area (Å²) in [5.74, 6) is -0.516. The Hall–Kier alpha value is -2.89. The van der Waals surface area contributed by atoms with Crippen molar-refractivity contribution in [2.75, 3.05) is 7.11 Å². The minimum absolute atomic E-state index is 0.260. The van der Waals surface area contributed by atoms with Crippen LogP contribution in [-0.4, -0.2) is 27.4 Å². The highest BCUT2D eigenvalue weighted by molar-refractivity contribution is 5.96. The second kappa shape index (κ2) is 5.88. The average molecular weight is 339 g/mol. The van der Waals surface area contributed by atoms with E-state index in [0.29, 0.717) is 16.9 Å². The molecule has 1 aromatic carbocycles. The molecular formula is C19H21N3O3. The van der Waals surface area contributed by atoms with E-state index >= 15 is 0 Å². The normalized spacial score (nSPS) is 11.7. The van der Waals surface area contributed by atoms with Crippen molar-refractivity contribution in [2.24, 2.45) is 0 Å². The van der Waals surface area contributed by atoms with Crippen LogP contribution >= 0.6 is 0 Å². The predicted octanol–water partition coefficient (Wildman–Crippen LogP) is 2.99. The number of aryl methyl sites for hydroxylation is 1. The molecule has 0 saturated heterocycles. The van der Waals surface area contributed by atoms with Gasteiger partial charge in [0.15, 0.2) is 0 Å². The van der Waals surface area contributed by atoms with Crippen molar-refractivity contribution in [3.05, 3.63) is 58.1 Å². The number of hydrogen-bond acceptors (Lipinski definition) is 4. The Morgan fingerprint density at radius 1 is 1.20 bits per heavy atom. The lowest BCUT2D eigenvalue weighted by molar-refractivity contribution is 0.0600. The van der Waals surface area contributed by atoms with Gasteiger partial charge in [-0.2, -0.15) is 9.78 Å². The minimum atomic E-state index is -0.516. The molecule has 2 heterocycles. The molecule has 0 saturated carbocycles. The molecule has 0 bridgehead atoms. The summed E-state index contributed by atoms with van der Waals surface area (Å²) in [6, 6.07) is 7.51. The third-order valence-electron chi connectivity index (χ3n) is 4.10. The van der Waals surface area contributed by atoms with Crippen LogP contribution in [0.5, 0.6) is 0 Å². The number of hydrogen-bond donors (Lipinski definition) is 0. The third-order valence-corrected chi connectivity index (χ3v) is 4.10. The first-order valence-corrected chi connectivity index (χ1v) is 8.03. The maximum absolute atomic E-state index is 12.9. The standard InChI is InChI=1S/C19H21N3O3/c1-12-7-6-8-13(9-12)22-17(23)14-10-21(19(2,3)4)11-15(16(14)20-22)18(24)25-5/h6-11H,1-5H3. The summed E-state index contributed by atoms with van der Waals surface area (Å²) in [6.07, 6.45) is 3.42. The van der Waals surface area contributed by atoms with Crippen molar-refractivity contribution in [1.82, 2.24) is 14.3 Å². The summed E-state index contributed by atoms with van der Waals surface area (Å²) in [4.78, 5) is 25.1. The molecule has 0 aromatic heterocycles. The molecule has 0 amide bonds. The monoisotopic (exact) mass is 339 g/mol. The Balaban J connectivity index is 2.34. The number of esters is 1. The first-order valence-electron chi connectivity index (χ1n) is 8.03. The van der Waals surface area contributed by atoms with Crippen molar-refractivity contribution in [3.63, 3.8) is 0 Å². The molecule has 0 N–H and O–H groups in total. The molecule has 0 atom stereocenters. The van der Waals surface area contributed by atoms with Crippen LogP contribution in [-0.2, 0) is 10.3 Å². The molecule has 0 spiro atoms. The fourth-order valence-electron chi connectivity index (χ4n) is 2.69. The molecule has 0 radical (unpaired) electrons. The van der Waals surface area contributed by atoms with E-state index in [1.165, 1.54) is 11.8 Å². The van der Waals surface area contributed by atoms with Gasteiger partial charge in [-0.3, -0.25) is 4.79 Å². The maximum atomic E-state index is 12.9. The highest BCUT2D eigenvalue weighted by atomic mass is 16.5. The van der Waals surface area contributed by atoms with Gasteiger partial charge in [-0.25, -0.2) is 4.79 Å². The number of benzene rings is 1. The Kier molecular flexibility index (Phi) is 3.99. The number of pyridine rings is 1. The molecule has 6 heteroatoms. The number of rotatable bonds is 2. The van der Waals surface area contributed by atoms with Crippen molar-refractivity contribution in [2.45, 2.75) is 33.2 Å². The average Bonchev–Trinajstić information content (AvgIpc) is 2.89. The Morgan fingerprint density at radius 2 is 1.92 bits per heavy atom. The molecule has 0 aliphatic carbocycles. The van der Waals surface area contributed by atoms with Crippen LogP contribution in [0.3, 0.4) is 0 Å². The van der Waals surface area contributed by atoms with Gasteiger partial charge in [0.1, 0.15) is 11.3 Å². The first kappa shape index (κ1) is 17.0. The van der Waals surface area contributed by atoms with Crippen molar-refractivity contribution in [3.8, 4) is 16.9 Å². The lowest BCUT2D eigenvalue weighted by Gasteiger charge is -2.24. The van der Waals surface area contributed by atoms with Crippen LogP contribution in [0.1, 0.15) is 36.7 Å². The fraction of sp³-hybridized carbons (Fsp3) is 0.316. The van der Waals surface area contributed by atoms with E-state index in [1.54, 1.807) is 12.4 Å². The van der Waals surface area contributed by atoms with E-state index in [9.17, 15) is 9.59 Å². The largest absolute Gasteiger partial charge is 0.465 e. The molecule has 25 heavy (non-hydrogen) atoms. The Bertz CT molecular complexity index is 976. The van der Waals surface area contributed by atoms with E-state index in [4.69, 9.17) is 4.74 Å². The van der Waals surface area contributed by atoms with Gasteiger partial charge in [0.05, 0.1) is 18.4 Å². The second-order valence-corrected chi connectivity index (χ2v) is 7.06. The smallest absolute Gasteiger partial charge is 0.341 e. The second-order valence-electron chi connectivity index (χ2n) is 7.06. The van der Waals surface area contributed by atoms with Gasteiger partial charge >= 0.3 is 5.97 Å². The highest BCUT2D eigenvalue weighted by Gasteiger charge is 2.27. The zero-order valence-electron chi connectivity index (χ0n) is 15.0. The number of carbonyl (C=O) groups excluding carboxylic acids is 1. The molecule has 130 valence electrons. The lowest BCUT2D eigenvalue weighted by atomic mass is 10.0. The maximum Gasteiger partial charge on any atom is 0.341 e. The summed E-state index contributed by atoms with van der Waals surface area (Å²) in [5.41, 5.74) is 2.14. The topological polar surface area (TPSA) is 66.1 Å². The van der Waals surface area contributed by atoms with Crippen LogP contribution < -0.4 is 5.56 Å². The first-order chi connectivity index (χ1) is 11.7. The van der Waals surface area contributed by atoms with Gasteiger partial charge in [-0.05, 0) is 45.4 Å². The molecule has 1 aromatic rings. The van der Waals surface area contributed by atoms with Gasteiger partial charge in [0.25, 0.3) is 5.56 Å². The van der Waals surface area contributed by atoms with Crippen LogP contribution in [0.4, 0.5) is 0 Å². The molecule has 2 aliphatic heterocycles. The zero-order valence-corrected chi connectivity index (χ0v) is 15.0. The van der Waals surface area contributed by atoms with Crippen LogP contribution in [0, 0.1) is 6.92 Å². The van der Waals surface area contributed by atoms with Crippen LogP contribution in [0.25, 0.3) is 16.9 Å². The van der Waals surface area contributed by atoms with E-state index in [0.717, 1.165) is 5.56 Å². The van der Waals surface area contributed by atoms with Crippen molar-refractivity contribution in [1.29, 1.82) is 0 Å². The summed E-state index contributed by atoms with van der Waals surface area (Å²) >= 11 is 0. The summed E-state index contributed by atoms with van der Waals surface area (Å²) < 4.78 is 8.05. The quantitative estimate of drug-likeness (QED) is 0.673. The molecule has 3 rings (SSSR count). The Morgan fingerprint density at radius 3 is 2.52 bits per heavy atom. The van der Waals surface area contributed by atoms with Crippen LogP contribution in [0.15, 0.2) is 41.5 Å². The number of carbonyl (C=O) groups is 1. The molecule has 0 fully saturated rings. The molecule has 2 aliphatic rings. The minimum Gasteiger partial charge on any atom is -0.465 e. The Labute approximate surface area is 146 Å². The van der Waals surface area contributed by atoms with E-state index < -0.39 is 5.97 Å². The van der Waals surface area contributed by atoms with E-state index in [2.05, 4.69) is 5.10 Å². The summed E-state index contributed by atoms with van der Waals surface area (Å²) in [7, 11) is 1.32. The summed E-state index contributed by atoms with van der Waals surface area (Å²) in [6.45, 7) is 7.94. The predicted molar refractivity (Wildman–Crippen MR) is 95.5 cm³/mol. The fourth-order valence-corrected chi connectivity index (χ4v) is 2.69. The number of ether oxygens (including phenoxy) is 1. The van der Waals surface area contributed by atoms with Gasteiger partial charge in [0.2, 0.25) is 0 Å². The molecular weight excluding hydrogens is 318 g/mol. The van der Waals surface area contributed by atoms with Gasteiger partial charge in [0, 0.05) is 17.9 Å². The van der Waals surface area contributed by atoms with Crippen molar-refractivity contribution < 1.29 is 9.53 Å². The molecule has 6 nitrogen and oxygen atoms in total. The number of aromatic nitrogens is 3. The molecule has 0 unspecified atom stereocenters. The summed E-state index contributed by atoms with van der Waals surface area (Å²) in [5, 5.41) is 4.41. The van der Waals surface area contributed by atoms with Crippen LogP contribution in [0.2, 0.25) is 0 Å². The lowest BCUT2D eigenvalue weighted by Crippen LogP contribution is -2.24. The third kappa shape index (κ3) is 2.95. The number of fused-ring (bicyclic) bond motifs is 1. The van der Waals surface area contributed by atoms with E-state index in [-0.39, 0.29) is 16.7 Å².